The van der Waals surface area contributed by atoms with Gasteiger partial charge in [-0.2, -0.15) is 5.26 Å². The molecule has 6 nitrogen and oxygen atoms in total. The highest BCUT2D eigenvalue weighted by Crippen LogP contribution is 2.19. The van der Waals surface area contributed by atoms with Gasteiger partial charge in [-0.05, 0) is 24.3 Å². The average molecular weight is 354 g/mol. The van der Waals surface area contributed by atoms with Crippen molar-refractivity contribution >= 4 is 15.5 Å². The van der Waals surface area contributed by atoms with Gasteiger partial charge in [-0.15, -0.1) is 0 Å². The molecule has 1 aromatic carbocycles. The number of sulfone groups is 1. The predicted octanol–water partition coefficient (Wildman–Crippen LogP) is 2.04. The second kappa shape index (κ2) is 7.36. The van der Waals surface area contributed by atoms with Crippen LogP contribution in [0.25, 0.3) is 0 Å². The van der Waals surface area contributed by atoms with Gasteiger partial charge in [0.1, 0.15) is 6.07 Å². The first kappa shape index (κ1) is 17.0. The van der Waals surface area contributed by atoms with E-state index in [1.165, 1.54) is 18.5 Å². The molecule has 0 bridgehead atoms. The van der Waals surface area contributed by atoms with Gasteiger partial charge in [-0.25, -0.2) is 13.4 Å². The number of piperazine rings is 1. The summed E-state index contributed by atoms with van der Waals surface area (Å²) in [5.41, 5.74) is 1.15. The van der Waals surface area contributed by atoms with Crippen LogP contribution in [0.1, 0.15) is 0 Å². The molecule has 1 saturated heterocycles. The van der Waals surface area contributed by atoms with Crippen molar-refractivity contribution in [1.29, 1.82) is 5.26 Å². The summed E-state index contributed by atoms with van der Waals surface area (Å²) in [5.74, 6) is 0. The minimum absolute atomic E-state index is 0.106. The number of hydrogen-bond donors (Lipinski definition) is 0. The molecular formula is C18H18N4O2S. The third-order valence-corrected chi connectivity index (χ3v) is 5.62. The third kappa shape index (κ3) is 3.80. The quantitative estimate of drug-likeness (QED) is 0.782. The second-order valence-corrected chi connectivity index (χ2v) is 7.50. The van der Waals surface area contributed by atoms with E-state index < -0.39 is 9.84 Å². The smallest absolute Gasteiger partial charge is 0.235 e. The number of benzene rings is 1. The molecule has 7 heteroatoms. The molecule has 0 atom stereocenters. The van der Waals surface area contributed by atoms with Gasteiger partial charge in [0.15, 0.2) is 9.93 Å². The number of hydrogen-bond acceptors (Lipinski definition) is 6. The van der Waals surface area contributed by atoms with Crippen LogP contribution in [0.15, 0.2) is 70.9 Å². The Morgan fingerprint density at radius 2 is 1.72 bits per heavy atom. The normalized spacial score (nSPS) is 15.7. The molecule has 2 aromatic rings. The van der Waals surface area contributed by atoms with Crippen LogP contribution in [-0.2, 0) is 9.84 Å². The van der Waals surface area contributed by atoms with Crippen molar-refractivity contribution in [2.75, 3.05) is 31.1 Å². The fourth-order valence-electron chi connectivity index (χ4n) is 2.69. The maximum Gasteiger partial charge on any atom is 0.235 e. The standard InChI is InChI=1S/C18H18N4O2S/c19-14-17(25(23,24)18-8-4-5-9-20-18)15-21-10-12-22(13-11-21)16-6-2-1-3-7-16/h1-9,15H,10-13H2/b17-15-. The van der Waals surface area contributed by atoms with Gasteiger partial charge in [-0.3, -0.25) is 0 Å². The molecule has 0 amide bonds. The van der Waals surface area contributed by atoms with E-state index >= 15 is 0 Å². The van der Waals surface area contributed by atoms with Gasteiger partial charge in [0, 0.05) is 44.3 Å². The number of pyridine rings is 1. The largest absolute Gasteiger partial charge is 0.372 e. The molecule has 1 aliphatic rings. The third-order valence-electron chi connectivity index (χ3n) is 4.05. The van der Waals surface area contributed by atoms with E-state index in [2.05, 4.69) is 22.0 Å². The Labute approximate surface area is 147 Å². The Hall–Kier alpha value is -2.85. The molecule has 0 saturated carbocycles. The Kier molecular flexibility index (Phi) is 5.00. The molecule has 1 fully saturated rings. The minimum atomic E-state index is -3.88. The summed E-state index contributed by atoms with van der Waals surface area (Å²) in [6, 6.07) is 16.5. The Bertz CT molecular complexity index is 882. The van der Waals surface area contributed by atoms with Crippen molar-refractivity contribution in [3.05, 3.63) is 65.8 Å². The zero-order chi connectivity index (χ0) is 17.7. The fraction of sp³-hybridized carbons (Fsp3) is 0.222. The topological polar surface area (TPSA) is 77.3 Å². The molecule has 25 heavy (non-hydrogen) atoms. The maximum absolute atomic E-state index is 12.5. The van der Waals surface area contributed by atoms with Crippen LogP contribution in [0.5, 0.6) is 0 Å². The molecule has 0 spiro atoms. The molecule has 0 unspecified atom stereocenters. The fourth-order valence-corrected chi connectivity index (χ4v) is 3.78. The Morgan fingerprint density at radius 1 is 1.04 bits per heavy atom. The molecule has 1 aliphatic heterocycles. The molecule has 128 valence electrons. The summed E-state index contributed by atoms with van der Waals surface area (Å²) in [4.78, 5) is 7.69. The number of allylic oxidation sites excluding steroid dienone is 1. The predicted molar refractivity (Wildman–Crippen MR) is 95.3 cm³/mol. The number of nitrogens with zero attached hydrogens (tertiary/aromatic N) is 4. The molecule has 3 rings (SSSR count). The summed E-state index contributed by atoms with van der Waals surface area (Å²) in [6.07, 6.45) is 2.84. The lowest BCUT2D eigenvalue weighted by molar-refractivity contribution is 0.348. The summed E-state index contributed by atoms with van der Waals surface area (Å²) in [5, 5.41) is 9.22. The first-order valence-corrected chi connectivity index (χ1v) is 9.41. The summed E-state index contributed by atoms with van der Waals surface area (Å²) >= 11 is 0. The van der Waals surface area contributed by atoms with Gasteiger partial charge >= 0.3 is 0 Å². The van der Waals surface area contributed by atoms with Crippen molar-refractivity contribution in [2.45, 2.75) is 5.03 Å². The van der Waals surface area contributed by atoms with E-state index in [0.717, 1.165) is 18.8 Å². The van der Waals surface area contributed by atoms with Crippen molar-refractivity contribution in [3.63, 3.8) is 0 Å². The molecule has 1 aromatic heterocycles. The van der Waals surface area contributed by atoms with Crippen molar-refractivity contribution in [1.82, 2.24) is 9.88 Å². The highest BCUT2D eigenvalue weighted by molar-refractivity contribution is 7.95. The molecule has 2 heterocycles. The number of nitriles is 1. The van der Waals surface area contributed by atoms with Crippen molar-refractivity contribution in [2.24, 2.45) is 0 Å². The van der Waals surface area contributed by atoms with Gasteiger partial charge < -0.3 is 9.80 Å². The number of anilines is 1. The van der Waals surface area contributed by atoms with Crippen molar-refractivity contribution < 1.29 is 8.42 Å². The summed E-state index contributed by atoms with van der Waals surface area (Å²) in [6.45, 7) is 2.83. The van der Waals surface area contributed by atoms with Crippen LogP contribution in [0.3, 0.4) is 0 Å². The van der Waals surface area contributed by atoms with E-state index in [-0.39, 0.29) is 9.93 Å². The first-order chi connectivity index (χ1) is 12.1. The van der Waals surface area contributed by atoms with Gasteiger partial charge in [0.05, 0.1) is 0 Å². The van der Waals surface area contributed by atoms with E-state index in [1.54, 1.807) is 12.1 Å². The lowest BCUT2D eigenvalue weighted by Gasteiger charge is -2.35. The van der Waals surface area contributed by atoms with Crippen LogP contribution in [0, 0.1) is 11.3 Å². The molecule has 0 radical (unpaired) electrons. The lowest BCUT2D eigenvalue weighted by Crippen LogP contribution is -2.44. The highest BCUT2D eigenvalue weighted by atomic mass is 32.2. The van der Waals surface area contributed by atoms with Crippen LogP contribution in [0.2, 0.25) is 0 Å². The summed E-state index contributed by atoms with van der Waals surface area (Å²) in [7, 11) is -3.88. The average Bonchev–Trinajstić information content (AvgIpc) is 2.68. The number of para-hydroxylation sites is 1. The zero-order valence-electron chi connectivity index (χ0n) is 13.6. The van der Waals surface area contributed by atoms with Crippen LogP contribution < -0.4 is 4.90 Å². The minimum Gasteiger partial charge on any atom is -0.372 e. The highest BCUT2D eigenvalue weighted by Gasteiger charge is 2.24. The van der Waals surface area contributed by atoms with Gasteiger partial charge in [-0.1, -0.05) is 24.3 Å². The lowest BCUT2D eigenvalue weighted by atomic mass is 10.2. The van der Waals surface area contributed by atoms with E-state index in [1.807, 2.05) is 29.2 Å². The number of aromatic nitrogens is 1. The number of rotatable bonds is 4. The van der Waals surface area contributed by atoms with Gasteiger partial charge in [0.25, 0.3) is 0 Å². The molecule has 0 N–H and O–H groups in total. The summed E-state index contributed by atoms with van der Waals surface area (Å²) < 4.78 is 25.1. The molecular weight excluding hydrogens is 336 g/mol. The first-order valence-electron chi connectivity index (χ1n) is 7.93. The van der Waals surface area contributed by atoms with Gasteiger partial charge in [0.2, 0.25) is 9.84 Å². The monoisotopic (exact) mass is 354 g/mol. The second-order valence-electron chi connectivity index (χ2n) is 5.64. The zero-order valence-corrected chi connectivity index (χ0v) is 14.4. The van der Waals surface area contributed by atoms with Crippen LogP contribution >= 0.6 is 0 Å². The van der Waals surface area contributed by atoms with E-state index in [0.29, 0.717) is 13.1 Å². The van der Waals surface area contributed by atoms with E-state index in [9.17, 15) is 13.7 Å². The molecule has 0 aliphatic carbocycles. The van der Waals surface area contributed by atoms with Crippen LogP contribution in [0.4, 0.5) is 5.69 Å². The maximum atomic E-state index is 12.5. The Balaban J connectivity index is 1.73. The van der Waals surface area contributed by atoms with E-state index in [4.69, 9.17) is 0 Å². The Morgan fingerprint density at radius 3 is 2.32 bits per heavy atom. The van der Waals surface area contributed by atoms with Crippen LogP contribution in [-0.4, -0.2) is 44.5 Å². The van der Waals surface area contributed by atoms with Crippen molar-refractivity contribution in [3.8, 4) is 6.07 Å². The SMILES string of the molecule is N#C/C(=C/N1CCN(c2ccccc2)CC1)S(=O)(=O)c1ccccn1.